The Bertz CT molecular complexity index is 1150. The number of aryl methyl sites for hydroxylation is 1. The second-order valence-corrected chi connectivity index (χ2v) is 7.44. The summed E-state index contributed by atoms with van der Waals surface area (Å²) >= 11 is 0. The van der Waals surface area contributed by atoms with Gasteiger partial charge in [-0.25, -0.2) is 9.78 Å². The van der Waals surface area contributed by atoms with E-state index >= 15 is 0 Å². The third kappa shape index (κ3) is 6.32. The molecule has 0 atom stereocenters. The highest BCUT2D eigenvalue weighted by molar-refractivity contribution is 5.95. The van der Waals surface area contributed by atoms with Gasteiger partial charge in [0.05, 0.1) is 6.04 Å². The predicted octanol–water partition coefficient (Wildman–Crippen LogP) is 3.17. The van der Waals surface area contributed by atoms with E-state index in [1.807, 2.05) is 53.0 Å². The number of nitrogens with zero attached hydrogens (tertiary/aromatic N) is 4. The van der Waals surface area contributed by atoms with Crippen molar-refractivity contribution in [3.8, 4) is 11.6 Å². The van der Waals surface area contributed by atoms with Crippen LogP contribution in [-0.4, -0.2) is 55.9 Å². The third-order valence-electron chi connectivity index (χ3n) is 4.82. The summed E-state index contributed by atoms with van der Waals surface area (Å²) in [5.74, 6) is -1.72. The van der Waals surface area contributed by atoms with E-state index in [-0.39, 0.29) is 11.9 Å². The Morgan fingerprint density at radius 2 is 1.91 bits per heavy atom. The van der Waals surface area contributed by atoms with Crippen molar-refractivity contribution < 1.29 is 32.6 Å². The number of amides is 1. The largest absolute Gasteiger partial charge is 0.490 e. The van der Waals surface area contributed by atoms with Crippen molar-refractivity contribution in [2.75, 3.05) is 13.1 Å². The van der Waals surface area contributed by atoms with Crippen molar-refractivity contribution in [1.29, 1.82) is 0 Å². The molecule has 1 saturated heterocycles. The quantitative estimate of drug-likeness (QED) is 0.579. The number of nitrogens with two attached hydrogens (primary N) is 1. The van der Waals surface area contributed by atoms with Crippen LogP contribution in [0.5, 0.6) is 11.6 Å². The van der Waals surface area contributed by atoms with Crippen LogP contribution in [0.3, 0.4) is 0 Å². The highest BCUT2D eigenvalue weighted by Crippen LogP contribution is 2.26. The number of carboxylic acids is 1. The average molecular weight is 477 g/mol. The summed E-state index contributed by atoms with van der Waals surface area (Å²) in [6.07, 6.45) is -1.41. The lowest BCUT2D eigenvalue weighted by Crippen LogP contribution is -2.50. The molecule has 0 radical (unpaired) electrons. The fraction of sp³-hybridized carbons (Fsp3) is 0.273. The minimum absolute atomic E-state index is 0.0105. The number of hydrogen-bond donors (Lipinski definition) is 2. The van der Waals surface area contributed by atoms with Gasteiger partial charge in [-0.1, -0.05) is 6.07 Å². The van der Waals surface area contributed by atoms with Gasteiger partial charge < -0.3 is 20.5 Å². The van der Waals surface area contributed by atoms with Gasteiger partial charge in [-0.15, -0.1) is 0 Å². The molecule has 0 saturated carbocycles. The number of rotatable bonds is 5. The molecule has 3 heterocycles. The topological polar surface area (TPSA) is 124 Å². The molecule has 0 spiro atoms. The number of aromatic nitrogens is 3. The van der Waals surface area contributed by atoms with Gasteiger partial charge in [0, 0.05) is 49.4 Å². The Kier molecular flexibility index (Phi) is 7.51. The molecule has 1 aromatic carbocycles. The van der Waals surface area contributed by atoms with Gasteiger partial charge in [0.2, 0.25) is 5.88 Å². The first-order valence-corrected chi connectivity index (χ1v) is 10.1. The number of carbonyl (C=O) groups excluding carboxylic acids is 1. The first kappa shape index (κ1) is 24.7. The zero-order chi connectivity index (χ0) is 24.9. The molecule has 3 aromatic rings. The fourth-order valence-electron chi connectivity index (χ4n) is 3.16. The predicted molar refractivity (Wildman–Crippen MR) is 114 cm³/mol. The number of aliphatic carboxylic acids is 1. The van der Waals surface area contributed by atoms with E-state index in [2.05, 4.69) is 10.1 Å². The number of carboxylic acid groups (broad SMARTS) is 1. The Hall–Kier alpha value is -3.93. The summed E-state index contributed by atoms with van der Waals surface area (Å²) in [6, 6.07) is 13.0. The monoisotopic (exact) mass is 477 g/mol. The lowest BCUT2D eigenvalue weighted by Gasteiger charge is -2.39. The van der Waals surface area contributed by atoms with E-state index in [0.29, 0.717) is 36.8 Å². The lowest BCUT2D eigenvalue weighted by molar-refractivity contribution is -0.192. The second kappa shape index (κ2) is 10.3. The molecule has 3 N–H and O–H groups in total. The van der Waals surface area contributed by atoms with Crippen LogP contribution in [0.25, 0.3) is 0 Å². The van der Waals surface area contributed by atoms with E-state index in [0.717, 1.165) is 11.3 Å². The molecular weight excluding hydrogens is 455 g/mol. The number of likely N-dealkylation sites (tertiary alicyclic amines) is 1. The molecule has 12 heteroatoms. The summed E-state index contributed by atoms with van der Waals surface area (Å²) in [5, 5.41) is 11.4. The summed E-state index contributed by atoms with van der Waals surface area (Å²) in [7, 11) is 0. The molecule has 2 aromatic heterocycles. The molecule has 1 fully saturated rings. The molecule has 0 unspecified atom stereocenters. The van der Waals surface area contributed by atoms with Gasteiger partial charge >= 0.3 is 12.1 Å². The molecule has 9 nitrogen and oxygen atoms in total. The Balaban J connectivity index is 0.000000406. The summed E-state index contributed by atoms with van der Waals surface area (Å²) in [6.45, 7) is 3.63. The van der Waals surface area contributed by atoms with Gasteiger partial charge in [-0.3, -0.25) is 9.48 Å². The van der Waals surface area contributed by atoms with Crippen LogP contribution < -0.4 is 10.5 Å². The first-order valence-electron chi connectivity index (χ1n) is 10.1. The van der Waals surface area contributed by atoms with Crippen LogP contribution in [0.1, 0.15) is 27.7 Å². The number of hydrogen-bond acceptors (Lipinski definition) is 6. The van der Waals surface area contributed by atoms with Crippen LogP contribution in [0.2, 0.25) is 0 Å². The number of halogens is 3. The molecular formula is C22H22F3N5O4. The van der Waals surface area contributed by atoms with E-state index in [1.165, 1.54) is 0 Å². The minimum Gasteiger partial charge on any atom is -0.475 e. The molecule has 1 aliphatic heterocycles. The van der Waals surface area contributed by atoms with Crippen molar-refractivity contribution >= 4 is 11.9 Å². The zero-order valence-corrected chi connectivity index (χ0v) is 18.1. The third-order valence-corrected chi connectivity index (χ3v) is 4.82. The SMILES string of the molecule is Cc1cc(CN)cc(Oc2cccc(C(=O)N3CC(n4cccn4)C3)c2)n1.O=C(O)C(F)(F)F. The smallest absolute Gasteiger partial charge is 0.475 e. The lowest BCUT2D eigenvalue weighted by atomic mass is 10.1. The molecule has 4 rings (SSSR count). The summed E-state index contributed by atoms with van der Waals surface area (Å²) in [5.41, 5.74) is 8.09. The maximum Gasteiger partial charge on any atom is 0.490 e. The van der Waals surface area contributed by atoms with Crippen molar-refractivity contribution in [1.82, 2.24) is 19.7 Å². The molecule has 180 valence electrons. The van der Waals surface area contributed by atoms with Crippen molar-refractivity contribution in [3.05, 3.63) is 71.7 Å². The average Bonchev–Trinajstić information content (AvgIpc) is 3.26. The van der Waals surface area contributed by atoms with Crippen LogP contribution in [0, 0.1) is 6.92 Å². The summed E-state index contributed by atoms with van der Waals surface area (Å²) < 4.78 is 39.5. The summed E-state index contributed by atoms with van der Waals surface area (Å²) in [4.78, 5) is 27.8. The van der Waals surface area contributed by atoms with E-state index in [1.54, 1.807) is 18.3 Å². The highest BCUT2D eigenvalue weighted by Gasteiger charge is 2.38. The number of ether oxygens (including phenoxy) is 1. The standard InChI is InChI=1S/C20H21N5O2.C2HF3O2/c1-14-8-15(11-21)9-19(23-14)27-18-5-2-4-16(10-18)20(26)24-12-17(13-24)25-7-3-6-22-25;3-2(4,5)1(6)7/h2-10,17H,11-13,21H2,1H3;(H,6,7). The number of alkyl halides is 3. The molecule has 0 aliphatic carbocycles. The molecule has 1 amide bonds. The van der Waals surface area contributed by atoms with E-state index in [4.69, 9.17) is 20.4 Å². The Morgan fingerprint density at radius 1 is 1.21 bits per heavy atom. The minimum atomic E-state index is -5.08. The van der Waals surface area contributed by atoms with Gasteiger partial charge in [0.1, 0.15) is 5.75 Å². The van der Waals surface area contributed by atoms with E-state index in [9.17, 15) is 18.0 Å². The van der Waals surface area contributed by atoms with Crippen LogP contribution in [0.15, 0.2) is 54.9 Å². The van der Waals surface area contributed by atoms with Crippen LogP contribution >= 0.6 is 0 Å². The van der Waals surface area contributed by atoms with Gasteiger partial charge in [-0.05, 0) is 42.8 Å². The van der Waals surface area contributed by atoms with E-state index < -0.39 is 12.1 Å². The number of benzene rings is 1. The molecule has 34 heavy (non-hydrogen) atoms. The van der Waals surface area contributed by atoms with Gasteiger partial charge in [-0.2, -0.15) is 18.3 Å². The molecule has 0 bridgehead atoms. The van der Waals surface area contributed by atoms with Crippen LogP contribution in [-0.2, 0) is 11.3 Å². The Morgan fingerprint density at radius 3 is 2.50 bits per heavy atom. The fourth-order valence-corrected chi connectivity index (χ4v) is 3.16. The maximum atomic E-state index is 12.7. The van der Waals surface area contributed by atoms with Crippen LogP contribution in [0.4, 0.5) is 13.2 Å². The Labute approximate surface area is 192 Å². The first-order chi connectivity index (χ1) is 16.1. The van der Waals surface area contributed by atoms with Crippen molar-refractivity contribution in [3.63, 3.8) is 0 Å². The number of pyridine rings is 1. The normalized spacial score (nSPS) is 13.5. The number of carbonyl (C=O) groups is 2. The van der Waals surface area contributed by atoms with Crippen molar-refractivity contribution in [2.45, 2.75) is 25.7 Å². The zero-order valence-electron chi connectivity index (χ0n) is 18.1. The highest BCUT2D eigenvalue weighted by atomic mass is 19.4. The second-order valence-electron chi connectivity index (χ2n) is 7.44. The molecule has 1 aliphatic rings. The maximum absolute atomic E-state index is 12.7. The van der Waals surface area contributed by atoms with Gasteiger partial charge in [0.15, 0.2) is 0 Å². The van der Waals surface area contributed by atoms with Gasteiger partial charge in [0.25, 0.3) is 5.91 Å². The van der Waals surface area contributed by atoms with Crippen molar-refractivity contribution in [2.24, 2.45) is 5.73 Å².